The van der Waals surface area contributed by atoms with Crippen LogP contribution in [0.5, 0.6) is 0 Å². The first-order valence-corrected chi connectivity index (χ1v) is 9.10. The van der Waals surface area contributed by atoms with Crippen LogP contribution < -0.4 is 11.1 Å². The molecule has 1 aromatic carbocycles. The number of nitrogens with zero attached hydrogens (tertiary/aromatic N) is 3. The number of aromatic nitrogens is 3. The number of amides is 1. The van der Waals surface area contributed by atoms with Gasteiger partial charge < -0.3 is 15.8 Å². The van der Waals surface area contributed by atoms with E-state index in [0.717, 1.165) is 23.0 Å². The first kappa shape index (κ1) is 17.5. The summed E-state index contributed by atoms with van der Waals surface area (Å²) in [4.78, 5) is 16.9. The van der Waals surface area contributed by atoms with Crippen molar-refractivity contribution in [2.24, 2.45) is 5.92 Å². The topological polar surface area (TPSA) is 95.1 Å². The summed E-state index contributed by atoms with van der Waals surface area (Å²) in [6, 6.07) is 11.9. The normalized spacial score (nSPS) is 19.4. The minimum atomic E-state index is -0.107. The molecule has 0 saturated carbocycles. The predicted octanol–water partition coefficient (Wildman–Crippen LogP) is 1.70. The zero-order valence-electron chi connectivity index (χ0n) is 15.3. The molecule has 3 heterocycles. The Hall–Kier alpha value is -2.93. The molecule has 0 aliphatic carbocycles. The highest BCUT2D eigenvalue weighted by Gasteiger charge is 2.30. The molecule has 1 fully saturated rings. The fraction of sp³-hybridized carbons (Fsp3) is 0.350. The molecule has 4 rings (SSSR count). The number of nitrogen functional groups attached to an aromatic ring is 1. The van der Waals surface area contributed by atoms with Crippen LogP contribution in [0.3, 0.4) is 0 Å². The molecule has 27 heavy (non-hydrogen) atoms. The van der Waals surface area contributed by atoms with Gasteiger partial charge in [0.15, 0.2) is 0 Å². The van der Waals surface area contributed by atoms with E-state index in [2.05, 4.69) is 21.5 Å². The molecular weight excluding hydrogens is 342 g/mol. The van der Waals surface area contributed by atoms with Gasteiger partial charge in [-0.05, 0) is 31.0 Å². The number of ether oxygens (including phenoxy) is 1. The van der Waals surface area contributed by atoms with Crippen LogP contribution in [0.1, 0.15) is 11.3 Å². The van der Waals surface area contributed by atoms with Crippen molar-refractivity contribution in [3.05, 3.63) is 53.9 Å². The molecule has 2 aromatic heterocycles. The number of nitrogens with one attached hydrogen (secondary N) is 1. The Labute approximate surface area is 157 Å². The quantitative estimate of drug-likeness (QED) is 0.717. The summed E-state index contributed by atoms with van der Waals surface area (Å²) in [5.41, 5.74) is 8.88. The van der Waals surface area contributed by atoms with Crippen molar-refractivity contribution in [1.29, 1.82) is 0 Å². The van der Waals surface area contributed by atoms with Crippen LogP contribution in [-0.4, -0.2) is 39.9 Å². The maximum absolute atomic E-state index is 12.4. The molecule has 2 atom stereocenters. The molecule has 1 amide bonds. The van der Waals surface area contributed by atoms with E-state index in [1.807, 2.05) is 37.4 Å². The molecule has 1 aliphatic rings. The number of anilines is 1. The van der Waals surface area contributed by atoms with Gasteiger partial charge in [-0.15, -0.1) is 0 Å². The molecule has 0 bridgehead atoms. The maximum Gasteiger partial charge on any atom is 0.242 e. The Morgan fingerprint density at radius 2 is 2.19 bits per heavy atom. The lowest BCUT2D eigenvalue weighted by molar-refractivity contribution is -0.122. The summed E-state index contributed by atoms with van der Waals surface area (Å²) in [7, 11) is 0. The summed E-state index contributed by atoms with van der Waals surface area (Å²) in [5.74, 6) is 0.603. The van der Waals surface area contributed by atoms with E-state index in [-0.39, 0.29) is 24.4 Å². The monoisotopic (exact) mass is 365 g/mol. The van der Waals surface area contributed by atoms with E-state index in [1.165, 1.54) is 10.2 Å². The molecule has 140 valence electrons. The molecule has 3 aromatic rings. The van der Waals surface area contributed by atoms with E-state index >= 15 is 0 Å². The van der Waals surface area contributed by atoms with Crippen molar-refractivity contribution in [2.75, 3.05) is 18.9 Å². The Bertz CT molecular complexity index is 963. The van der Waals surface area contributed by atoms with Crippen LogP contribution in [0.2, 0.25) is 0 Å². The highest BCUT2D eigenvalue weighted by molar-refractivity contribution is 5.82. The van der Waals surface area contributed by atoms with Gasteiger partial charge in [0.1, 0.15) is 12.4 Å². The molecule has 7 nitrogen and oxygen atoms in total. The third kappa shape index (κ3) is 3.78. The van der Waals surface area contributed by atoms with Crippen LogP contribution >= 0.6 is 0 Å². The number of carbonyl (C=O) groups is 1. The van der Waals surface area contributed by atoms with Crippen LogP contribution in [0.4, 0.5) is 5.82 Å². The van der Waals surface area contributed by atoms with Gasteiger partial charge in [-0.3, -0.25) is 9.78 Å². The van der Waals surface area contributed by atoms with Crippen molar-refractivity contribution in [1.82, 2.24) is 20.1 Å². The minimum Gasteiger partial charge on any atom is -0.384 e. The van der Waals surface area contributed by atoms with E-state index in [1.54, 1.807) is 6.07 Å². The number of hydrogen-bond acceptors (Lipinski definition) is 5. The van der Waals surface area contributed by atoms with Crippen LogP contribution in [0.25, 0.3) is 10.9 Å². The second kappa shape index (κ2) is 7.36. The lowest BCUT2D eigenvalue weighted by Gasteiger charge is -2.20. The number of pyridine rings is 1. The Kier molecular flexibility index (Phi) is 4.77. The molecule has 1 saturated heterocycles. The molecule has 7 heteroatoms. The molecule has 3 N–H and O–H groups in total. The first-order valence-electron chi connectivity index (χ1n) is 9.10. The highest BCUT2D eigenvalue weighted by Crippen LogP contribution is 2.24. The van der Waals surface area contributed by atoms with Crippen molar-refractivity contribution in [2.45, 2.75) is 25.9 Å². The summed E-state index contributed by atoms with van der Waals surface area (Å²) < 4.78 is 7.18. The Balaban J connectivity index is 1.44. The van der Waals surface area contributed by atoms with Crippen LogP contribution in [0, 0.1) is 12.8 Å². The predicted molar refractivity (Wildman–Crippen MR) is 103 cm³/mol. The van der Waals surface area contributed by atoms with E-state index < -0.39 is 0 Å². The number of rotatable bonds is 5. The van der Waals surface area contributed by atoms with Gasteiger partial charge in [0, 0.05) is 23.6 Å². The van der Waals surface area contributed by atoms with Gasteiger partial charge in [0.25, 0.3) is 0 Å². The van der Waals surface area contributed by atoms with Crippen molar-refractivity contribution >= 4 is 22.6 Å². The lowest BCUT2D eigenvalue weighted by Crippen LogP contribution is -2.42. The zero-order chi connectivity index (χ0) is 18.8. The summed E-state index contributed by atoms with van der Waals surface area (Å²) in [6.45, 7) is 3.11. The number of para-hydroxylation sites is 1. The summed E-state index contributed by atoms with van der Waals surface area (Å²) in [6.07, 6.45) is 2.67. The minimum absolute atomic E-state index is 0.0256. The van der Waals surface area contributed by atoms with Crippen LogP contribution in [0.15, 0.2) is 42.6 Å². The summed E-state index contributed by atoms with van der Waals surface area (Å²) in [5, 5.41) is 8.47. The first-order chi connectivity index (χ1) is 13.1. The van der Waals surface area contributed by atoms with Crippen molar-refractivity contribution in [3.8, 4) is 0 Å². The third-order valence-electron chi connectivity index (χ3n) is 4.99. The zero-order valence-corrected chi connectivity index (χ0v) is 15.3. The molecule has 1 aliphatic heterocycles. The number of benzene rings is 1. The molecular formula is C20H23N5O2. The average molecular weight is 365 g/mol. The standard InChI is InChI=1S/C20H23N5O2/c1-13-8-19(21)25(24-13)10-20(26)23-18-12-27-11-15(18)9-14-6-7-22-17-5-3-2-4-16(14)17/h2-8,15,18H,9-12,21H2,1H3,(H,23,26)/t15-,18+/m1/s1. The van der Waals surface area contributed by atoms with E-state index in [9.17, 15) is 4.79 Å². The van der Waals surface area contributed by atoms with Gasteiger partial charge in [0.05, 0.1) is 30.5 Å². The fourth-order valence-corrected chi connectivity index (χ4v) is 3.66. The Morgan fingerprint density at radius 1 is 1.33 bits per heavy atom. The largest absolute Gasteiger partial charge is 0.384 e. The third-order valence-corrected chi connectivity index (χ3v) is 4.99. The van der Waals surface area contributed by atoms with Gasteiger partial charge in [-0.1, -0.05) is 18.2 Å². The highest BCUT2D eigenvalue weighted by atomic mass is 16.5. The van der Waals surface area contributed by atoms with Crippen molar-refractivity contribution < 1.29 is 9.53 Å². The number of carbonyl (C=O) groups excluding carboxylic acids is 1. The van der Waals surface area contributed by atoms with E-state index in [4.69, 9.17) is 10.5 Å². The average Bonchev–Trinajstić information content (AvgIpc) is 3.21. The van der Waals surface area contributed by atoms with Gasteiger partial charge in [0.2, 0.25) is 5.91 Å². The molecule has 0 unspecified atom stereocenters. The molecule has 0 spiro atoms. The van der Waals surface area contributed by atoms with Gasteiger partial charge in [-0.25, -0.2) is 4.68 Å². The number of fused-ring (bicyclic) bond motifs is 1. The van der Waals surface area contributed by atoms with Crippen molar-refractivity contribution in [3.63, 3.8) is 0 Å². The molecule has 0 radical (unpaired) electrons. The smallest absolute Gasteiger partial charge is 0.242 e. The second-order valence-electron chi connectivity index (χ2n) is 7.03. The van der Waals surface area contributed by atoms with Crippen LogP contribution in [-0.2, 0) is 22.5 Å². The fourth-order valence-electron chi connectivity index (χ4n) is 3.66. The lowest BCUT2D eigenvalue weighted by atomic mass is 9.93. The van der Waals surface area contributed by atoms with E-state index in [0.29, 0.717) is 19.0 Å². The SMILES string of the molecule is Cc1cc(N)n(CC(=O)N[C@H]2COC[C@H]2Cc2ccnc3ccccc23)n1. The number of nitrogens with two attached hydrogens (primary N) is 1. The van der Waals surface area contributed by atoms with Gasteiger partial charge >= 0.3 is 0 Å². The second-order valence-corrected chi connectivity index (χ2v) is 7.03. The number of hydrogen-bond donors (Lipinski definition) is 2. The Morgan fingerprint density at radius 3 is 3.00 bits per heavy atom. The maximum atomic E-state index is 12.4. The number of aryl methyl sites for hydroxylation is 1. The van der Waals surface area contributed by atoms with Gasteiger partial charge in [-0.2, -0.15) is 5.10 Å². The summed E-state index contributed by atoms with van der Waals surface area (Å²) >= 11 is 0.